The molecule has 2 atom stereocenters. The van der Waals surface area contributed by atoms with Gasteiger partial charge in [0.2, 0.25) is 0 Å². The molecule has 0 radical (unpaired) electrons. The van der Waals surface area contributed by atoms with Gasteiger partial charge in [0.05, 0.1) is 0 Å². The summed E-state index contributed by atoms with van der Waals surface area (Å²) in [5, 5.41) is 3.49. The second-order valence-corrected chi connectivity index (χ2v) is 5.13. The Labute approximate surface area is 97.9 Å². The van der Waals surface area contributed by atoms with Crippen LogP contribution in [0.4, 0.5) is 0 Å². The van der Waals surface area contributed by atoms with E-state index in [1.807, 2.05) is 12.3 Å². The minimum absolute atomic E-state index is 0.716. The Kier molecular flexibility index (Phi) is 2.37. The molecule has 3 heteroatoms. The van der Waals surface area contributed by atoms with Crippen molar-refractivity contribution in [1.29, 1.82) is 0 Å². The first kappa shape index (κ1) is 9.55. The standard InChI is InChI=1S/C12H13BrN2/c13-12-4-3-9(6-15-12)8-1-2-10-7-14-11(10)5-8/h1,3-4,6,10-11,14H,2,5,7H2. The van der Waals surface area contributed by atoms with E-state index in [0.29, 0.717) is 6.04 Å². The van der Waals surface area contributed by atoms with Gasteiger partial charge in [0.25, 0.3) is 0 Å². The van der Waals surface area contributed by atoms with Crippen molar-refractivity contribution in [2.24, 2.45) is 5.92 Å². The maximum atomic E-state index is 4.27. The van der Waals surface area contributed by atoms with Gasteiger partial charge in [0.1, 0.15) is 4.60 Å². The quantitative estimate of drug-likeness (QED) is 0.789. The van der Waals surface area contributed by atoms with Gasteiger partial charge < -0.3 is 5.32 Å². The van der Waals surface area contributed by atoms with Crippen LogP contribution < -0.4 is 5.32 Å². The molecular weight excluding hydrogens is 252 g/mol. The summed E-state index contributed by atoms with van der Waals surface area (Å²) in [6.07, 6.45) is 6.72. The average Bonchev–Trinajstić information content (AvgIpc) is 2.22. The van der Waals surface area contributed by atoms with E-state index in [0.717, 1.165) is 16.9 Å². The zero-order valence-corrected chi connectivity index (χ0v) is 10.00. The highest BCUT2D eigenvalue weighted by atomic mass is 79.9. The number of hydrogen-bond donors (Lipinski definition) is 1. The zero-order chi connectivity index (χ0) is 10.3. The molecule has 2 nitrogen and oxygen atoms in total. The maximum absolute atomic E-state index is 4.27. The fourth-order valence-corrected chi connectivity index (χ4v) is 2.59. The molecule has 15 heavy (non-hydrogen) atoms. The Morgan fingerprint density at radius 2 is 2.33 bits per heavy atom. The van der Waals surface area contributed by atoms with Gasteiger partial charge in [0, 0.05) is 18.8 Å². The highest BCUT2D eigenvalue weighted by Crippen LogP contribution is 2.34. The first-order valence-electron chi connectivity index (χ1n) is 5.37. The van der Waals surface area contributed by atoms with E-state index in [-0.39, 0.29) is 0 Å². The lowest BCUT2D eigenvalue weighted by Gasteiger charge is -2.41. The Morgan fingerprint density at radius 3 is 2.93 bits per heavy atom. The second kappa shape index (κ2) is 3.72. The van der Waals surface area contributed by atoms with E-state index < -0.39 is 0 Å². The van der Waals surface area contributed by atoms with E-state index >= 15 is 0 Å². The van der Waals surface area contributed by atoms with Crippen LogP contribution in [0.2, 0.25) is 0 Å². The predicted octanol–water partition coefficient (Wildman–Crippen LogP) is 2.61. The zero-order valence-electron chi connectivity index (χ0n) is 8.41. The van der Waals surface area contributed by atoms with Gasteiger partial charge >= 0.3 is 0 Å². The topological polar surface area (TPSA) is 24.9 Å². The fourth-order valence-electron chi connectivity index (χ4n) is 2.35. The third-order valence-electron chi connectivity index (χ3n) is 3.42. The molecule has 1 aromatic rings. The van der Waals surface area contributed by atoms with Crippen LogP contribution in [0.15, 0.2) is 29.0 Å². The van der Waals surface area contributed by atoms with Crippen molar-refractivity contribution in [2.45, 2.75) is 18.9 Å². The van der Waals surface area contributed by atoms with Crippen molar-refractivity contribution >= 4 is 21.5 Å². The normalized spacial score (nSPS) is 29.0. The van der Waals surface area contributed by atoms with Crippen molar-refractivity contribution in [3.05, 3.63) is 34.6 Å². The van der Waals surface area contributed by atoms with E-state index in [9.17, 15) is 0 Å². The molecule has 1 fully saturated rings. The van der Waals surface area contributed by atoms with Crippen molar-refractivity contribution < 1.29 is 0 Å². The smallest absolute Gasteiger partial charge is 0.106 e. The summed E-state index contributed by atoms with van der Waals surface area (Å²) in [4.78, 5) is 4.27. The van der Waals surface area contributed by atoms with Crippen LogP contribution in [0.3, 0.4) is 0 Å². The van der Waals surface area contributed by atoms with Gasteiger partial charge in [-0.3, -0.25) is 0 Å². The second-order valence-electron chi connectivity index (χ2n) is 4.31. The van der Waals surface area contributed by atoms with Crippen molar-refractivity contribution in [1.82, 2.24) is 10.3 Å². The molecule has 1 aromatic heterocycles. The maximum Gasteiger partial charge on any atom is 0.106 e. The summed E-state index contributed by atoms with van der Waals surface area (Å²) < 4.78 is 0.905. The first-order chi connectivity index (χ1) is 7.33. The van der Waals surface area contributed by atoms with Crippen LogP contribution in [0.5, 0.6) is 0 Å². The number of halogens is 1. The number of nitrogens with zero attached hydrogens (tertiary/aromatic N) is 1. The first-order valence-corrected chi connectivity index (χ1v) is 6.16. The summed E-state index contributed by atoms with van der Waals surface area (Å²) in [6.45, 7) is 1.20. The number of fused-ring (bicyclic) bond motifs is 1. The van der Waals surface area contributed by atoms with Crippen LogP contribution >= 0.6 is 15.9 Å². The molecule has 1 aliphatic carbocycles. The summed E-state index contributed by atoms with van der Waals surface area (Å²) >= 11 is 3.36. The minimum Gasteiger partial charge on any atom is -0.313 e. The van der Waals surface area contributed by atoms with Gasteiger partial charge in [-0.2, -0.15) is 0 Å². The van der Waals surface area contributed by atoms with E-state index in [4.69, 9.17) is 0 Å². The molecule has 0 aromatic carbocycles. The van der Waals surface area contributed by atoms with Crippen molar-refractivity contribution in [2.75, 3.05) is 6.54 Å². The molecule has 3 rings (SSSR count). The molecule has 2 unspecified atom stereocenters. The van der Waals surface area contributed by atoms with Crippen LogP contribution in [0.25, 0.3) is 5.57 Å². The van der Waals surface area contributed by atoms with Crippen LogP contribution in [-0.2, 0) is 0 Å². The van der Waals surface area contributed by atoms with Gasteiger partial charge in [-0.15, -0.1) is 0 Å². The SMILES string of the molecule is Brc1ccc(C2=CCC3CNC3C2)cn1. The molecule has 1 saturated heterocycles. The third-order valence-corrected chi connectivity index (χ3v) is 3.89. The number of nitrogens with one attached hydrogen (secondary N) is 1. The molecule has 2 heterocycles. The molecule has 78 valence electrons. The number of allylic oxidation sites excluding steroid dienone is 1. The van der Waals surface area contributed by atoms with Gasteiger partial charge in [-0.1, -0.05) is 12.1 Å². The van der Waals surface area contributed by atoms with Crippen molar-refractivity contribution in [3.8, 4) is 0 Å². The number of rotatable bonds is 1. The molecule has 1 N–H and O–H groups in total. The highest BCUT2D eigenvalue weighted by Gasteiger charge is 2.32. The van der Waals surface area contributed by atoms with Crippen LogP contribution in [0.1, 0.15) is 18.4 Å². The van der Waals surface area contributed by atoms with Crippen LogP contribution in [0, 0.1) is 5.92 Å². The highest BCUT2D eigenvalue weighted by molar-refractivity contribution is 9.10. The van der Waals surface area contributed by atoms with Gasteiger partial charge in [-0.05, 0) is 51.9 Å². The Hall–Kier alpha value is -0.670. The summed E-state index contributed by atoms with van der Waals surface area (Å²) in [6, 6.07) is 4.87. The Bertz CT molecular complexity index is 397. The summed E-state index contributed by atoms with van der Waals surface area (Å²) in [5.41, 5.74) is 2.72. The lowest BCUT2D eigenvalue weighted by molar-refractivity contribution is 0.231. The minimum atomic E-state index is 0.716. The predicted molar refractivity (Wildman–Crippen MR) is 64.4 cm³/mol. The molecule has 2 aliphatic rings. The molecule has 1 aliphatic heterocycles. The molecule has 0 saturated carbocycles. The third kappa shape index (κ3) is 1.74. The summed E-state index contributed by atoms with van der Waals surface area (Å²) in [5.74, 6) is 0.886. The Balaban J connectivity index is 1.85. The lowest BCUT2D eigenvalue weighted by atomic mass is 9.78. The number of aromatic nitrogens is 1. The van der Waals surface area contributed by atoms with Gasteiger partial charge in [0.15, 0.2) is 0 Å². The van der Waals surface area contributed by atoms with E-state index in [1.165, 1.54) is 24.1 Å². The van der Waals surface area contributed by atoms with Gasteiger partial charge in [-0.25, -0.2) is 4.98 Å². The monoisotopic (exact) mass is 264 g/mol. The number of hydrogen-bond acceptors (Lipinski definition) is 2. The van der Waals surface area contributed by atoms with E-state index in [2.05, 4.69) is 38.4 Å². The van der Waals surface area contributed by atoms with Crippen molar-refractivity contribution in [3.63, 3.8) is 0 Å². The lowest BCUT2D eigenvalue weighted by Crippen LogP contribution is -2.53. The summed E-state index contributed by atoms with van der Waals surface area (Å²) in [7, 11) is 0. The van der Waals surface area contributed by atoms with E-state index in [1.54, 1.807) is 0 Å². The Morgan fingerprint density at radius 1 is 1.40 bits per heavy atom. The molecule has 0 spiro atoms. The van der Waals surface area contributed by atoms with Crippen LogP contribution in [-0.4, -0.2) is 17.6 Å². The largest absolute Gasteiger partial charge is 0.313 e. The number of pyridine rings is 1. The fraction of sp³-hybridized carbons (Fsp3) is 0.417. The average molecular weight is 265 g/mol. The molecule has 0 bridgehead atoms. The molecule has 0 amide bonds. The molecular formula is C12H13BrN2.